The minimum absolute atomic E-state index is 0.484. The Kier molecular flexibility index (Phi) is 3.27. The lowest BCUT2D eigenvalue weighted by molar-refractivity contribution is 0.619. The highest BCUT2D eigenvalue weighted by molar-refractivity contribution is 6.31. The molecule has 0 amide bonds. The van der Waals surface area contributed by atoms with Crippen molar-refractivity contribution in [1.29, 1.82) is 0 Å². The first-order valence-electron chi connectivity index (χ1n) is 6.71. The van der Waals surface area contributed by atoms with E-state index in [2.05, 4.69) is 31.0 Å². The Hall–Kier alpha value is -1.80. The molecular formula is C17H16ClNO. The van der Waals surface area contributed by atoms with Gasteiger partial charge in [-0.25, -0.2) is 4.98 Å². The van der Waals surface area contributed by atoms with Crippen molar-refractivity contribution in [2.75, 3.05) is 0 Å². The normalized spacial score (nSPS) is 11.4. The molecule has 3 aromatic rings. The summed E-state index contributed by atoms with van der Waals surface area (Å²) >= 11 is 6.05. The number of benzene rings is 2. The van der Waals surface area contributed by atoms with E-state index < -0.39 is 0 Å². The summed E-state index contributed by atoms with van der Waals surface area (Å²) in [6.07, 6.45) is 0. The second kappa shape index (κ2) is 4.95. The highest BCUT2D eigenvalue weighted by Crippen LogP contribution is 2.28. The minimum Gasteiger partial charge on any atom is -0.436 e. The SMILES string of the molecule is Cc1cc(-c2nc3cc(C(C)C)ccc3o2)ccc1Cl. The molecule has 0 unspecified atom stereocenters. The summed E-state index contributed by atoms with van der Waals surface area (Å²) in [4.78, 5) is 4.59. The second-order valence-electron chi connectivity index (χ2n) is 5.36. The molecule has 0 aliphatic rings. The standard InChI is InChI=1S/C17H16ClNO/c1-10(2)12-5-7-16-15(9-12)19-17(20-16)13-4-6-14(18)11(3)8-13/h4-10H,1-3H3. The van der Waals surface area contributed by atoms with Crippen LogP contribution in [0.1, 0.15) is 30.9 Å². The molecule has 3 rings (SSSR count). The maximum absolute atomic E-state index is 6.05. The zero-order valence-electron chi connectivity index (χ0n) is 11.8. The minimum atomic E-state index is 0.484. The molecule has 0 saturated heterocycles. The van der Waals surface area contributed by atoms with Crippen LogP contribution in [0.5, 0.6) is 0 Å². The molecule has 0 N–H and O–H groups in total. The van der Waals surface area contributed by atoms with Gasteiger partial charge in [-0.05, 0) is 54.3 Å². The Labute approximate surface area is 123 Å². The molecule has 3 heteroatoms. The lowest BCUT2D eigenvalue weighted by atomic mass is 10.0. The van der Waals surface area contributed by atoms with Crippen molar-refractivity contribution in [3.8, 4) is 11.5 Å². The summed E-state index contributed by atoms with van der Waals surface area (Å²) in [6.45, 7) is 6.32. The van der Waals surface area contributed by atoms with E-state index in [1.807, 2.05) is 31.2 Å². The number of nitrogens with zero attached hydrogens (tertiary/aromatic N) is 1. The van der Waals surface area contributed by atoms with E-state index in [0.717, 1.165) is 27.2 Å². The third kappa shape index (κ3) is 2.32. The van der Waals surface area contributed by atoms with Crippen molar-refractivity contribution in [2.24, 2.45) is 0 Å². The third-order valence-corrected chi connectivity index (χ3v) is 3.91. The second-order valence-corrected chi connectivity index (χ2v) is 5.77. The molecule has 1 aromatic heterocycles. The summed E-state index contributed by atoms with van der Waals surface area (Å²) in [5.41, 5.74) is 4.96. The Bertz CT molecular complexity index is 774. The van der Waals surface area contributed by atoms with Gasteiger partial charge in [-0.15, -0.1) is 0 Å². The van der Waals surface area contributed by atoms with Crippen LogP contribution in [0, 0.1) is 6.92 Å². The lowest BCUT2D eigenvalue weighted by Gasteiger charge is -2.02. The molecule has 0 spiro atoms. The van der Waals surface area contributed by atoms with Gasteiger partial charge in [-0.2, -0.15) is 0 Å². The largest absolute Gasteiger partial charge is 0.436 e. The highest BCUT2D eigenvalue weighted by Gasteiger charge is 2.10. The van der Waals surface area contributed by atoms with Crippen LogP contribution in [-0.4, -0.2) is 4.98 Å². The predicted molar refractivity (Wildman–Crippen MR) is 83.3 cm³/mol. The number of rotatable bonds is 2. The van der Waals surface area contributed by atoms with Crippen molar-refractivity contribution in [2.45, 2.75) is 26.7 Å². The van der Waals surface area contributed by atoms with Crippen LogP contribution in [0.25, 0.3) is 22.6 Å². The third-order valence-electron chi connectivity index (χ3n) is 3.48. The van der Waals surface area contributed by atoms with Crippen LogP contribution in [0.15, 0.2) is 40.8 Å². The summed E-state index contributed by atoms with van der Waals surface area (Å²) in [5, 5.41) is 0.756. The number of aromatic nitrogens is 1. The van der Waals surface area contributed by atoms with Crippen molar-refractivity contribution in [3.63, 3.8) is 0 Å². The molecule has 0 radical (unpaired) electrons. The van der Waals surface area contributed by atoms with Crippen molar-refractivity contribution in [3.05, 3.63) is 52.5 Å². The first kappa shape index (κ1) is 13.2. The molecule has 0 aliphatic carbocycles. The van der Waals surface area contributed by atoms with Gasteiger partial charge in [0.05, 0.1) is 0 Å². The average Bonchev–Trinajstić information content (AvgIpc) is 2.84. The van der Waals surface area contributed by atoms with Gasteiger partial charge in [0.1, 0.15) is 5.52 Å². The number of aryl methyl sites for hydroxylation is 1. The Morgan fingerprint density at radius 2 is 1.90 bits per heavy atom. The predicted octanol–water partition coefficient (Wildman–Crippen LogP) is 5.58. The molecule has 20 heavy (non-hydrogen) atoms. The zero-order chi connectivity index (χ0) is 14.3. The molecule has 1 heterocycles. The molecule has 0 aliphatic heterocycles. The van der Waals surface area contributed by atoms with E-state index in [1.165, 1.54) is 5.56 Å². The average molecular weight is 286 g/mol. The molecule has 0 atom stereocenters. The number of oxazole rings is 1. The van der Waals surface area contributed by atoms with Crippen molar-refractivity contribution in [1.82, 2.24) is 4.98 Å². The lowest BCUT2D eigenvalue weighted by Crippen LogP contribution is -1.85. The molecule has 0 fully saturated rings. The fraction of sp³-hybridized carbons (Fsp3) is 0.235. The van der Waals surface area contributed by atoms with Gasteiger partial charge in [-0.1, -0.05) is 31.5 Å². The number of halogens is 1. The molecule has 0 bridgehead atoms. The monoisotopic (exact) mass is 285 g/mol. The van der Waals surface area contributed by atoms with Gasteiger partial charge in [0.2, 0.25) is 5.89 Å². The zero-order valence-corrected chi connectivity index (χ0v) is 12.5. The molecule has 102 valence electrons. The maximum atomic E-state index is 6.05. The van der Waals surface area contributed by atoms with E-state index in [9.17, 15) is 0 Å². The molecular weight excluding hydrogens is 270 g/mol. The highest BCUT2D eigenvalue weighted by atomic mass is 35.5. The molecule has 0 saturated carbocycles. The van der Waals surface area contributed by atoms with Crippen LogP contribution in [0.3, 0.4) is 0 Å². The fourth-order valence-corrected chi connectivity index (χ4v) is 2.32. The van der Waals surface area contributed by atoms with E-state index in [1.54, 1.807) is 0 Å². The summed E-state index contributed by atoms with van der Waals surface area (Å²) in [7, 11) is 0. The van der Waals surface area contributed by atoms with Crippen LogP contribution >= 0.6 is 11.6 Å². The maximum Gasteiger partial charge on any atom is 0.227 e. The van der Waals surface area contributed by atoms with Gasteiger partial charge in [0, 0.05) is 10.6 Å². The van der Waals surface area contributed by atoms with E-state index >= 15 is 0 Å². The summed E-state index contributed by atoms with van der Waals surface area (Å²) in [5.74, 6) is 1.12. The van der Waals surface area contributed by atoms with Gasteiger partial charge in [0.15, 0.2) is 5.58 Å². The number of hydrogen-bond acceptors (Lipinski definition) is 2. The van der Waals surface area contributed by atoms with E-state index in [0.29, 0.717) is 11.8 Å². The van der Waals surface area contributed by atoms with Crippen molar-refractivity contribution >= 4 is 22.7 Å². The molecule has 2 nitrogen and oxygen atoms in total. The Morgan fingerprint density at radius 3 is 2.60 bits per heavy atom. The Balaban J connectivity index is 2.10. The summed E-state index contributed by atoms with van der Waals surface area (Å²) < 4.78 is 5.83. The van der Waals surface area contributed by atoms with Crippen LogP contribution in [0.2, 0.25) is 5.02 Å². The first-order chi connectivity index (χ1) is 9.54. The smallest absolute Gasteiger partial charge is 0.227 e. The van der Waals surface area contributed by atoms with Gasteiger partial charge >= 0.3 is 0 Å². The first-order valence-corrected chi connectivity index (χ1v) is 7.09. The van der Waals surface area contributed by atoms with Crippen LogP contribution in [0.4, 0.5) is 0 Å². The Morgan fingerprint density at radius 1 is 1.10 bits per heavy atom. The van der Waals surface area contributed by atoms with Crippen LogP contribution in [-0.2, 0) is 0 Å². The topological polar surface area (TPSA) is 26.0 Å². The number of hydrogen-bond donors (Lipinski definition) is 0. The van der Waals surface area contributed by atoms with Gasteiger partial charge in [0.25, 0.3) is 0 Å². The van der Waals surface area contributed by atoms with Crippen LogP contribution < -0.4 is 0 Å². The molecule has 2 aromatic carbocycles. The van der Waals surface area contributed by atoms with E-state index in [-0.39, 0.29) is 0 Å². The van der Waals surface area contributed by atoms with Crippen molar-refractivity contribution < 1.29 is 4.42 Å². The fourth-order valence-electron chi connectivity index (χ4n) is 2.20. The number of fused-ring (bicyclic) bond motifs is 1. The van der Waals surface area contributed by atoms with E-state index in [4.69, 9.17) is 16.0 Å². The quantitative estimate of drug-likeness (QED) is 0.614. The van der Waals surface area contributed by atoms with Gasteiger partial charge in [-0.3, -0.25) is 0 Å². The summed E-state index contributed by atoms with van der Waals surface area (Å²) in [6, 6.07) is 12.0. The van der Waals surface area contributed by atoms with Gasteiger partial charge < -0.3 is 4.42 Å².